The van der Waals surface area contributed by atoms with E-state index in [1.165, 1.54) is 0 Å². The average Bonchev–Trinajstić information content (AvgIpc) is 3.41. The first-order valence-electron chi connectivity index (χ1n) is 10.8. The number of aromatic nitrogens is 1. The summed E-state index contributed by atoms with van der Waals surface area (Å²) >= 11 is 1.71. The molecular weight excluding hydrogens is 537 g/mol. The van der Waals surface area contributed by atoms with Crippen molar-refractivity contribution in [3.63, 3.8) is 0 Å². The number of rotatable bonds is 7. The first-order chi connectivity index (χ1) is 14.8. The van der Waals surface area contributed by atoms with Crippen molar-refractivity contribution >= 4 is 47.0 Å². The molecule has 1 aromatic heterocycles. The predicted octanol–water partition coefficient (Wildman–Crippen LogP) is 4.41. The minimum atomic E-state index is 0. The van der Waals surface area contributed by atoms with Crippen LogP contribution < -0.4 is 25.0 Å². The molecule has 9 heteroatoms. The third-order valence-corrected chi connectivity index (χ3v) is 6.48. The summed E-state index contributed by atoms with van der Waals surface area (Å²) in [6.45, 7) is 11.9. The molecule has 7 nitrogen and oxygen atoms in total. The summed E-state index contributed by atoms with van der Waals surface area (Å²) in [7, 11) is 3.36. The van der Waals surface area contributed by atoms with Gasteiger partial charge in [0.1, 0.15) is 11.5 Å². The second-order valence-electron chi connectivity index (χ2n) is 8.74. The number of thiazole rings is 1. The number of ether oxygens (including phenoxy) is 2. The van der Waals surface area contributed by atoms with Crippen molar-refractivity contribution in [1.29, 1.82) is 0 Å². The lowest BCUT2D eigenvalue weighted by molar-refractivity contribution is 0.394. The number of aliphatic imine (C=N–C) groups is 1. The molecule has 2 aromatic rings. The lowest BCUT2D eigenvalue weighted by Crippen LogP contribution is -2.44. The van der Waals surface area contributed by atoms with Gasteiger partial charge in [-0.3, -0.25) is 0 Å². The lowest BCUT2D eigenvalue weighted by atomic mass is 9.98. The molecule has 0 amide bonds. The fourth-order valence-corrected chi connectivity index (χ4v) is 4.38. The Bertz CT molecular complexity index is 875. The Kier molecular flexibility index (Phi) is 9.87. The number of halogens is 1. The molecule has 2 N–H and O–H groups in total. The van der Waals surface area contributed by atoms with Crippen LogP contribution in [0.1, 0.15) is 44.8 Å². The van der Waals surface area contributed by atoms with Gasteiger partial charge in [0, 0.05) is 60.4 Å². The van der Waals surface area contributed by atoms with E-state index >= 15 is 0 Å². The maximum Gasteiger partial charge on any atom is 0.191 e. The zero-order valence-electron chi connectivity index (χ0n) is 19.9. The van der Waals surface area contributed by atoms with E-state index in [9.17, 15) is 0 Å². The Morgan fingerprint density at radius 2 is 1.91 bits per heavy atom. The predicted molar refractivity (Wildman–Crippen MR) is 144 cm³/mol. The standard InChI is InChI=1S/C23H35N5O2S.HI/c1-7-24-22(25-13-17-15-31-21(26-17)23(2,3)4)27-16-8-9-28(14-16)18-10-19(29-5)12-20(11-18)30-6;/h10-12,15-16H,7-9,13-14H2,1-6H3,(H2,24,25,27);1H. The quantitative estimate of drug-likeness (QED) is 0.291. The molecule has 1 saturated heterocycles. The van der Waals surface area contributed by atoms with Crippen LogP contribution in [-0.4, -0.2) is 50.8 Å². The third-order valence-electron chi connectivity index (χ3n) is 5.17. The first-order valence-corrected chi connectivity index (χ1v) is 11.7. The van der Waals surface area contributed by atoms with Crippen molar-refractivity contribution in [1.82, 2.24) is 15.6 Å². The summed E-state index contributed by atoms with van der Waals surface area (Å²) in [5.74, 6) is 2.44. The van der Waals surface area contributed by atoms with Crippen molar-refractivity contribution in [2.24, 2.45) is 4.99 Å². The van der Waals surface area contributed by atoms with Crippen LogP contribution in [0.3, 0.4) is 0 Å². The van der Waals surface area contributed by atoms with E-state index in [0.29, 0.717) is 12.6 Å². The number of methoxy groups -OCH3 is 2. The van der Waals surface area contributed by atoms with E-state index in [1.807, 2.05) is 6.07 Å². The van der Waals surface area contributed by atoms with Crippen LogP contribution in [-0.2, 0) is 12.0 Å². The van der Waals surface area contributed by atoms with Crippen molar-refractivity contribution in [2.75, 3.05) is 38.8 Å². The molecule has 0 radical (unpaired) electrons. The van der Waals surface area contributed by atoms with Crippen LogP contribution >= 0.6 is 35.3 Å². The minimum absolute atomic E-state index is 0. The molecule has 0 bridgehead atoms. The summed E-state index contributed by atoms with van der Waals surface area (Å²) < 4.78 is 10.8. The van der Waals surface area contributed by atoms with Crippen LogP contribution in [0.4, 0.5) is 5.69 Å². The number of guanidine groups is 1. The Balaban J connectivity index is 0.00000363. The minimum Gasteiger partial charge on any atom is -0.497 e. The smallest absolute Gasteiger partial charge is 0.191 e. The topological polar surface area (TPSA) is 71.0 Å². The van der Waals surface area contributed by atoms with Gasteiger partial charge in [0.25, 0.3) is 0 Å². The molecule has 1 atom stereocenters. The molecule has 32 heavy (non-hydrogen) atoms. The number of anilines is 1. The summed E-state index contributed by atoms with van der Waals surface area (Å²) in [6.07, 6.45) is 1.04. The zero-order chi connectivity index (χ0) is 22.4. The van der Waals surface area contributed by atoms with Crippen molar-refractivity contribution in [2.45, 2.75) is 52.1 Å². The Morgan fingerprint density at radius 1 is 1.22 bits per heavy atom. The molecule has 1 aromatic carbocycles. The van der Waals surface area contributed by atoms with Crippen LogP contribution in [0, 0.1) is 0 Å². The number of nitrogens with zero attached hydrogens (tertiary/aromatic N) is 3. The molecule has 178 valence electrons. The van der Waals surface area contributed by atoms with Crippen molar-refractivity contribution < 1.29 is 9.47 Å². The summed E-state index contributed by atoms with van der Waals surface area (Å²) in [5, 5.41) is 10.2. The van der Waals surface area contributed by atoms with Gasteiger partial charge >= 0.3 is 0 Å². The van der Waals surface area contributed by atoms with Gasteiger partial charge in [0.15, 0.2) is 5.96 Å². The van der Waals surface area contributed by atoms with E-state index < -0.39 is 0 Å². The van der Waals surface area contributed by atoms with Crippen molar-refractivity contribution in [3.05, 3.63) is 34.3 Å². The summed E-state index contributed by atoms with van der Waals surface area (Å²) in [5.41, 5.74) is 2.20. The molecule has 2 heterocycles. The van der Waals surface area contributed by atoms with Gasteiger partial charge in [-0.25, -0.2) is 9.98 Å². The molecule has 0 spiro atoms. The lowest BCUT2D eigenvalue weighted by Gasteiger charge is -2.21. The highest BCUT2D eigenvalue weighted by Crippen LogP contribution is 2.30. The Morgan fingerprint density at radius 3 is 2.47 bits per heavy atom. The number of benzene rings is 1. The zero-order valence-corrected chi connectivity index (χ0v) is 23.0. The maximum absolute atomic E-state index is 5.42. The van der Waals surface area contributed by atoms with Gasteiger partial charge in [0.2, 0.25) is 0 Å². The molecular formula is C23H36IN5O2S. The molecule has 3 rings (SSSR count). The van der Waals surface area contributed by atoms with Gasteiger partial charge in [-0.2, -0.15) is 0 Å². The van der Waals surface area contributed by atoms with Gasteiger partial charge in [0.05, 0.1) is 31.5 Å². The van der Waals surface area contributed by atoms with Crippen molar-refractivity contribution in [3.8, 4) is 11.5 Å². The maximum atomic E-state index is 5.42. The third kappa shape index (κ3) is 7.13. The Hall–Kier alpha value is -1.75. The molecule has 0 aliphatic carbocycles. The second kappa shape index (κ2) is 11.9. The number of hydrogen-bond acceptors (Lipinski definition) is 6. The van der Waals surface area contributed by atoms with Gasteiger partial charge in [-0.1, -0.05) is 20.8 Å². The van der Waals surface area contributed by atoms with Crippen LogP contribution in [0.5, 0.6) is 11.5 Å². The molecule has 1 fully saturated rings. The number of nitrogens with one attached hydrogen (secondary N) is 2. The largest absolute Gasteiger partial charge is 0.497 e. The highest BCUT2D eigenvalue weighted by atomic mass is 127. The van der Waals surface area contributed by atoms with E-state index in [0.717, 1.165) is 59.9 Å². The fraction of sp³-hybridized carbons (Fsp3) is 0.565. The molecule has 1 aliphatic rings. The van der Waals surface area contributed by atoms with Gasteiger partial charge < -0.3 is 25.0 Å². The highest BCUT2D eigenvalue weighted by molar-refractivity contribution is 14.0. The normalized spacial score (nSPS) is 16.5. The van der Waals surface area contributed by atoms with E-state index in [4.69, 9.17) is 19.5 Å². The first kappa shape index (κ1) is 26.5. The second-order valence-corrected chi connectivity index (χ2v) is 9.59. The summed E-state index contributed by atoms with van der Waals surface area (Å²) in [6, 6.07) is 6.32. The van der Waals surface area contributed by atoms with Crippen LogP contribution in [0.25, 0.3) is 0 Å². The fourth-order valence-electron chi connectivity index (χ4n) is 3.49. The Labute approximate surface area is 213 Å². The van der Waals surface area contributed by atoms with E-state index in [1.54, 1.807) is 25.6 Å². The van der Waals surface area contributed by atoms with E-state index in [-0.39, 0.29) is 29.4 Å². The van der Waals surface area contributed by atoms with Gasteiger partial charge in [-0.15, -0.1) is 35.3 Å². The monoisotopic (exact) mass is 573 g/mol. The van der Waals surface area contributed by atoms with Gasteiger partial charge in [-0.05, 0) is 13.3 Å². The molecule has 0 saturated carbocycles. The highest BCUT2D eigenvalue weighted by Gasteiger charge is 2.24. The SMILES string of the molecule is CCNC(=NCc1csc(C(C)(C)C)n1)NC1CCN(c2cc(OC)cc(OC)c2)C1.I. The van der Waals surface area contributed by atoms with E-state index in [2.05, 4.69) is 60.7 Å². The van der Waals surface area contributed by atoms with Crippen LogP contribution in [0.15, 0.2) is 28.6 Å². The summed E-state index contributed by atoms with van der Waals surface area (Å²) in [4.78, 5) is 11.9. The van der Waals surface area contributed by atoms with Crippen LogP contribution in [0.2, 0.25) is 0 Å². The molecule has 1 unspecified atom stereocenters. The molecule has 1 aliphatic heterocycles. The number of hydrogen-bond donors (Lipinski definition) is 2. The average molecular weight is 574 g/mol.